The highest BCUT2D eigenvalue weighted by Crippen LogP contribution is 2.32. The lowest BCUT2D eigenvalue weighted by atomic mass is 9.83. The van der Waals surface area contributed by atoms with E-state index in [0.29, 0.717) is 41.8 Å². The van der Waals surface area contributed by atoms with Crippen molar-refractivity contribution in [1.29, 1.82) is 0 Å². The Balaban J connectivity index is 1.35. The minimum absolute atomic E-state index is 0.0204. The zero-order chi connectivity index (χ0) is 24.2. The van der Waals surface area contributed by atoms with Gasteiger partial charge in [-0.05, 0) is 74.5 Å². The molecule has 2 fully saturated rings. The molecular weight excluding hydrogens is 440 g/mol. The molecule has 6 nitrogen and oxygen atoms in total. The molecule has 2 saturated heterocycles. The molecule has 2 atom stereocenters. The number of carbonyl (C=O) groups is 1. The lowest BCUT2D eigenvalue weighted by Crippen LogP contribution is -2.52. The van der Waals surface area contributed by atoms with Crippen LogP contribution in [0, 0.1) is 5.92 Å². The minimum atomic E-state index is -0.376. The molecule has 0 radical (unpaired) electrons. The third kappa shape index (κ3) is 5.19. The van der Waals surface area contributed by atoms with Crippen molar-refractivity contribution in [3.05, 3.63) is 70.6 Å². The molecule has 3 heterocycles. The smallest absolute Gasteiger partial charge is 0.344 e. The Hall–Kier alpha value is -2.96. The zero-order valence-corrected chi connectivity index (χ0v) is 20.4. The molecule has 1 amide bonds. The summed E-state index contributed by atoms with van der Waals surface area (Å²) < 4.78 is 10.8. The van der Waals surface area contributed by atoms with E-state index < -0.39 is 0 Å². The third-order valence-electron chi connectivity index (χ3n) is 7.62. The molecule has 184 valence electrons. The number of amides is 1. The van der Waals surface area contributed by atoms with Gasteiger partial charge in [0.1, 0.15) is 5.58 Å². The van der Waals surface area contributed by atoms with Gasteiger partial charge in [-0.3, -0.25) is 4.79 Å². The Bertz CT molecular complexity index is 1220. The number of para-hydroxylation sites is 1. The maximum atomic E-state index is 13.6. The van der Waals surface area contributed by atoms with E-state index in [1.807, 2.05) is 53.4 Å². The number of methoxy groups -OCH3 is 1. The van der Waals surface area contributed by atoms with E-state index in [1.165, 1.54) is 45.2 Å². The molecule has 0 aliphatic carbocycles. The van der Waals surface area contributed by atoms with Crippen LogP contribution in [0.1, 0.15) is 42.5 Å². The van der Waals surface area contributed by atoms with Crippen molar-refractivity contribution in [3.63, 3.8) is 0 Å². The summed E-state index contributed by atoms with van der Waals surface area (Å²) in [5.74, 6) is 0.526. The SMILES string of the molecule is COCCN(CC1CCCN2CCCCC12)C(=O)c1ccc(-c2cc3ccccc3oc2=O)cc1. The van der Waals surface area contributed by atoms with Crippen LogP contribution in [0.15, 0.2) is 63.8 Å². The van der Waals surface area contributed by atoms with E-state index in [9.17, 15) is 9.59 Å². The van der Waals surface area contributed by atoms with Crippen LogP contribution in [0.25, 0.3) is 22.1 Å². The van der Waals surface area contributed by atoms with Crippen LogP contribution in [0.2, 0.25) is 0 Å². The predicted molar refractivity (Wildman–Crippen MR) is 138 cm³/mol. The van der Waals surface area contributed by atoms with Gasteiger partial charge in [0.25, 0.3) is 5.91 Å². The van der Waals surface area contributed by atoms with Gasteiger partial charge < -0.3 is 19.0 Å². The van der Waals surface area contributed by atoms with Gasteiger partial charge in [0.05, 0.1) is 12.2 Å². The molecule has 2 aromatic carbocycles. The van der Waals surface area contributed by atoms with E-state index in [1.54, 1.807) is 13.2 Å². The summed E-state index contributed by atoms with van der Waals surface area (Å²) in [4.78, 5) is 30.7. The molecule has 5 rings (SSSR count). The van der Waals surface area contributed by atoms with E-state index in [4.69, 9.17) is 9.15 Å². The van der Waals surface area contributed by atoms with Crippen molar-refractivity contribution in [2.75, 3.05) is 39.9 Å². The van der Waals surface area contributed by atoms with E-state index in [2.05, 4.69) is 4.90 Å². The summed E-state index contributed by atoms with van der Waals surface area (Å²) in [5.41, 5.74) is 2.07. The Labute approximate surface area is 206 Å². The van der Waals surface area contributed by atoms with Gasteiger partial charge in [0.15, 0.2) is 0 Å². The number of carbonyl (C=O) groups excluding carboxylic acids is 1. The number of rotatable bonds is 7. The van der Waals surface area contributed by atoms with Crippen molar-refractivity contribution < 1.29 is 13.9 Å². The van der Waals surface area contributed by atoms with Crippen molar-refractivity contribution >= 4 is 16.9 Å². The van der Waals surface area contributed by atoms with E-state index >= 15 is 0 Å². The molecular formula is C29H34N2O4. The van der Waals surface area contributed by atoms with Gasteiger partial charge >= 0.3 is 5.63 Å². The topological polar surface area (TPSA) is 63.0 Å². The van der Waals surface area contributed by atoms with Crippen molar-refractivity contribution in [2.24, 2.45) is 5.92 Å². The maximum Gasteiger partial charge on any atom is 0.344 e. The van der Waals surface area contributed by atoms with Crippen LogP contribution in [0.5, 0.6) is 0 Å². The molecule has 0 spiro atoms. The first kappa shape index (κ1) is 23.8. The number of hydrogen-bond acceptors (Lipinski definition) is 5. The summed E-state index contributed by atoms with van der Waals surface area (Å²) in [7, 11) is 1.68. The van der Waals surface area contributed by atoms with Crippen LogP contribution >= 0.6 is 0 Å². The predicted octanol–water partition coefficient (Wildman–Crippen LogP) is 4.81. The van der Waals surface area contributed by atoms with Crippen LogP contribution < -0.4 is 5.63 Å². The largest absolute Gasteiger partial charge is 0.422 e. The van der Waals surface area contributed by atoms with E-state index in [-0.39, 0.29) is 11.5 Å². The summed E-state index contributed by atoms with van der Waals surface area (Å²) in [6.45, 7) is 4.24. The molecule has 2 aliphatic rings. The first-order valence-electron chi connectivity index (χ1n) is 12.8. The summed E-state index contributed by atoms with van der Waals surface area (Å²) in [5, 5.41) is 0.872. The molecule has 0 bridgehead atoms. The van der Waals surface area contributed by atoms with Crippen LogP contribution in [0.3, 0.4) is 0 Å². The average Bonchev–Trinajstić information content (AvgIpc) is 2.90. The lowest BCUT2D eigenvalue weighted by molar-refractivity contribution is 0.0315. The number of nitrogens with zero attached hydrogens (tertiary/aromatic N) is 2. The highest BCUT2D eigenvalue weighted by molar-refractivity contribution is 5.95. The Morgan fingerprint density at radius 2 is 1.86 bits per heavy atom. The number of benzene rings is 2. The molecule has 1 aromatic heterocycles. The van der Waals surface area contributed by atoms with Crippen LogP contribution in [0.4, 0.5) is 0 Å². The number of fused-ring (bicyclic) bond motifs is 2. The summed E-state index contributed by atoms with van der Waals surface area (Å²) in [6, 6.07) is 17.2. The normalized spacial score (nSPS) is 20.5. The molecule has 0 N–H and O–H groups in total. The summed E-state index contributed by atoms with van der Waals surface area (Å²) >= 11 is 0. The zero-order valence-electron chi connectivity index (χ0n) is 20.4. The molecule has 2 unspecified atom stereocenters. The minimum Gasteiger partial charge on any atom is -0.422 e. The third-order valence-corrected chi connectivity index (χ3v) is 7.62. The number of piperidine rings is 2. The lowest BCUT2D eigenvalue weighted by Gasteiger charge is -2.45. The fraction of sp³-hybridized carbons (Fsp3) is 0.448. The Morgan fingerprint density at radius 3 is 2.69 bits per heavy atom. The number of hydrogen-bond donors (Lipinski definition) is 0. The first-order chi connectivity index (χ1) is 17.1. The summed E-state index contributed by atoms with van der Waals surface area (Å²) in [6.07, 6.45) is 6.19. The second kappa shape index (κ2) is 10.8. The highest BCUT2D eigenvalue weighted by atomic mass is 16.5. The van der Waals surface area contributed by atoms with Gasteiger partial charge in [0, 0.05) is 37.2 Å². The monoisotopic (exact) mass is 474 g/mol. The molecule has 6 heteroatoms. The Kier molecular flexibility index (Phi) is 7.30. The van der Waals surface area contributed by atoms with Gasteiger partial charge in [0.2, 0.25) is 0 Å². The van der Waals surface area contributed by atoms with Crippen molar-refractivity contribution in [3.8, 4) is 11.1 Å². The fourth-order valence-corrected chi connectivity index (χ4v) is 5.79. The van der Waals surface area contributed by atoms with Crippen LogP contribution in [-0.2, 0) is 4.74 Å². The van der Waals surface area contributed by atoms with Crippen molar-refractivity contribution in [2.45, 2.75) is 38.1 Å². The average molecular weight is 475 g/mol. The maximum absolute atomic E-state index is 13.6. The first-order valence-corrected chi connectivity index (χ1v) is 12.8. The van der Waals surface area contributed by atoms with Gasteiger partial charge in [-0.1, -0.05) is 36.8 Å². The molecule has 2 aliphatic heterocycles. The van der Waals surface area contributed by atoms with E-state index in [0.717, 1.165) is 17.5 Å². The molecule has 0 saturated carbocycles. The molecule has 35 heavy (non-hydrogen) atoms. The Morgan fingerprint density at radius 1 is 1.06 bits per heavy atom. The second-order valence-electron chi connectivity index (χ2n) is 9.81. The van der Waals surface area contributed by atoms with Gasteiger partial charge in [-0.25, -0.2) is 4.79 Å². The standard InChI is InChI=1S/C29H34N2O4/c1-34-18-17-31(20-24-8-6-16-30-15-5-4-9-26(24)30)28(32)22-13-11-21(12-14-22)25-19-23-7-2-3-10-27(23)35-29(25)33/h2-3,7,10-14,19,24,26H,4-6,8-9,15-18,20H2,1H3. The van der Waals surface area contributed by atoms with Gasteiger partial charge in [-0.2, -0.15) is 0 Å². The number of ether oxygens (including phenoxy) is 1. The molecule has 3 aromatic rings. The second-order valence-corrected chi connectivity index (χ2v) is 9.81. The van der Waals surface area contributed by atoms with Crippen molar-refractivity contribution in [1.82, 2.24) is 9.80 Å². The quantitative estimate of drug-likeness (QED) is 0.460. The highest BCUT2D eigenvalue weighted by Gasteiger charge is 2.34. The fourth-order valence-electron chi connectivity index (χ4n) is 5.79. The van der Waals surface area contributed by atoms with Gasteiger partial charge in [-0.15, -0.1) is 0 Å². The van der Waals surface area contributed by atoms with Crippen LogP contribution in [-0.4, -0.2) is 61.6 Å².